The number of ether oxygens (including phenoxy) is 1. The van der Waals surface area contributed by atoms with Gasteiger partial charge in [0.25, 0.3) is 0 Å². The molecule has 0 heterocycles. The number of halogens is 1. The lowest BCUT2D eigenvalue weighted by molar-refractivity contribution is -0.128. The van der Waals surface area contributed by atoms with E-state index in [0.29, 0.717) is 27.7 Å². The smallest absolute Gasteiger partial charge is 0.173 e. The number of allylic oxidation sites excluding steroid dienone is 2. The zero-order valence-corrected chi connectivity index (χ0v) is 19.0. The van der Waals surface area contributed by atoms with Gasteiger partial charge in [0.05, 0.1) is 16.2 Å². The monoisotopic (exact) mass is 435 g/mol. The summed E-state index contributed by atoms with van der Waals surface area (Å²) < 4.78 is 5.99. The maximum absolute atomic E-state index is 13.7. The minimum Gasteiger partial charge on any atom is -0.511 e. The molecule has 0 saturated heterocycles. The Morgan fingerprint density at radius 3 is 2.52 bits per heavy atom. The molecule has 0 radical (unpaired) electrons. The molecule has 0 aliphatic heterocycles. The number of nitrogens with zero attached hydrogens (tertiary/aromatic N) is 1. The molecular formula is C26H26ClNO3. The van der Waals surface area contributed by atoms with Gasteiger partial charge in [-0.15, -0.1) is 0 Å². The Morgan fingerprint density at radius 1 is 1.19 bits per heavy atom. The molecule has 0 unspecified atom stereocenters. The molecule has 2 aliphatic rings. The Balaban J connectivity index is 1.79. The zero-order valence-electron chi connectivity index (χ0n) is 18.3. The van der Waals surface area contributed by atoms with Gasteiger partial charge < -0.3 is 9.84 Å². The van der Waals surface area contributed by atoms with E-state index in [1.807, 2.05) is 38.1 Å². The normalized spacial score (nSPS) is 24.3. The minimum absolute atomic E-state index is 0.0111. The zero-order chi connectivity index (χ0) is 22.6. The number of benzene rings is 2. The first-order valence-corrected chi connectivity index (χ1v) is 11.0. The number of fused-ring (bicyclic) bond motifs is 2. The van der Waals surface area contributed by atoms with Crippen molar-refractivity contribution in [2.45, 2.75) is 47.0 Å². The molecule has 2 bridgehead atoms. The largest absolute Gasteiger partial charge is 0.511 e. The van der Waals surface area contributed by atoms with Crippen molar-refractivity contribution < 1.29 is 14.6 Å². The van der Waals surface area contributed by atoms with Gasteiger partial charge in [-0.3, -0.25) is 4.79 Å². The Bertz CT molecular complexity index is 1160. The number of aryl methyl sites for hydroxylation is 1. The minimum atomic E-state index is -0.498. The number of carbonyl (C=O) groups excluding carboxylic acids is 1. The second-order valence-electron chi connectivity index (χ2n) is 9.26. The first-order valence-electron chi connectivity index (χ1n) is 10.6. The number of nitriles is 1. The van der Waals surface area contributed by atoms with Gasteiger partial charge >= 0.3 is 0 Å². The Hall–Kier alpha value is -2.77. The van der Waals surface area contributed by atoms with Crippen LogP contribution in [0, 0.1) is 28.1 Å². The molecule has 4 rings (SSSR count). The maximum Gasteiger partial charge on any atom is 0.173 e. The molecule has 5 heteroatoms. The molecule has 2 aromatic carbocycles. The lowest BCUT2D eigenvalue weighted by Crippen LogP contribution is -2.45. The molecule has 4 nitrogen and oxygen atoms in total. The van der Waals surface area contributed by atoms with Crippen molar-refractivity contribution in [3.63, 3.8) is 0 Å². The van der Waals surface area contributed by atoms with Crippen LogP contribution in [0.15, 0.2) is 42.2 Å². The average molecular weight is 436 g/mol. The number of Topliss-reactive ketones (excluding diaryl/α,β-unsaturated/α-hetero) is 1. The first-order chi connectivity index (χ1) is 14.6. The van der Waals surface area contributed by atoms with Crippen LogP contribution in [0.5, 0.6) is 11.5 Å². The molecule has 31 heavy (non-hydrogen) atoms. The van der Waals surface area contributed by atoms with Gasteiger partial charge in [-0.05, 0) is 60.1 Å². The van der Waals surface area contributed by atoms with Crippen molar-refractivity contribution in [2.24, 2.45) is 16.7 Å². The summed E-state index contributed by atoms with van der Waals surface area (Å²) in [6, 6.07) is 12.5. The third-order valence-corrected chi connectivity index (χ3v) is 7.88. The lowest BCUT2D eigenvalue weighted by atomic mass is 9.58. The van der Waals surface area contributed by atoms with Crippen molar-refractivity contribution >= 4 is 23.0 Å². The molecule has 0 aromatic heterocycles. The predicted molar refractivity (Wildman–Crippen MR) is 121 cm³/mol. The van der Waals surface area contributed by atoms with Crippen molar-refractivity contribution in [3.8, 4) is 17.6 Å². The van der Waals surface area contributed by atoms with E-state index < -0.39 is 5.41 Å². The number of aliphatic hydroxyl groups is 1. The highest BCUT2D eigenvalue weighted by molar-refractivity contribution is 6.31. The van der Waals surface area contributed by atoms with Crippen LogP contribution in [0.4, 0.5) is 0 Å². The van der Waals surface area contributed by atoms with Crippen LogP contribution in [0.1, 0.15) is 57.2 Å². The molecule has 0 spiro atoms. The van der Waals surface area contributed by atoms with Gasteiger partial charge in [0.15, 0.2) is 5.78 Å². The molecule has 2 atom stereocenters. The Labute approximate surface area is 188 Å². The number of hydrogen-bond donors (Lipinski definition) is 1. The fourth-order valence-electron chi connectivity index (χ4n) is 5.16. The van der Waals surface area contributed by atoms with Gasteiger partial charge in [-0.1, -0.05) is 45.4 Å². The van der Waals surface area contributed by atoms with Crippen LogP contribution in [-0.4, -0.2) is 10.9 Å². The van der Waals surface area contributed by atoms with Gasteiger partial charge in [-0.2, -0.15) is 5.26 Å². The first kappa shape index (κ1) is 21.5. The van der Waals surface area contributed by atoms with E-state index in [2.05, 4.69) is 13.8 Å². The summed E-state index contributed by atoms with van der Waals surface area (Å²) in [6.07, 6.45) is 2.32. The summed E-state index contributed by atoms with van der Waals surface area (Å²) in [7, 11) is 0. The molecule has 2 aromatic rings. The van der Waals surface area contributed by atoms with E-state index >= 15 is 0 Å². The van der Waals surface area contributed by atoms with Crippen molar-refractivity contribution in [1.82, 2.24) is 0 Å². The summed E-state index contributed by atoms with van der Waals surface area (Å²) in [5.41, 5.74) is 1.76. The standard InChI is InChI=1S/C26H26ClNO3/c1-5-15-6-8-17(31-18-9-7-16(14-28)21(27)13-18)12-19(15)22-23(29)20-10-11-26(4,24(22)30)25(20,2)3/h6-9,12-13,20,29H,5,10-11H2,1-4H3/t20-,26+/m0/s1. The maximum atomic E-state index is 13.7. The third-order valence-electron chi connectivity index (χ3n) is 7.57. The van der Waals surface area contributed by atoms with Gasteiger partial charge in [0.1, 0.15) is 23.3 Å². The number of ketones is 1. The Kier molecular flexibility index (Phi) is 5.14. The number of aliphatic hydroxyl groups excluding tert-OH is 1. The predicted octanol–water partition coefficient (Wildman–Crippen LogP) is 6.86. The van der Waals surface area contributed by atoms with Gasteiger partial charge in [-0.25, -0.2) is 0 Å². The summed E-state index contributed by atoms with van der Waals surface area (Å²) in [6.45, 7) is 8.24. The third kappa shape index (κ3) is 3.15. The highest BCUT2D eigenvalue weighted by Crippen LogP contribution is 2.63. The summed E-state index contributed by atoms with van der Waals surface area (Å²) in [4.78, 5) is 13.7. The van der Waals surface area contributed by atoms with E-state index in [9.17, 15) is 9.90 Å². The molecule has 0 amide bonds. The highest BCUT2D eigenvalue weighted by atomic mass is 35.5. The number of carbonyl (C=O) groups is 1. The van der Waals surface area contributed by atoms with E-state index in [0.717, 1.165) is 30.4 Å². The highest BCUT2D eigenvalue weighted by Gasteiger charge is 2.61. The van der Waals surface area contributed by atoms with Crippen LogP contribution in [-0.2, 0) is 11.2 Å². The Morgan fingerprint density at radius 2 is 1.87 bits per heavy atom. The SMILES string of the molecule is CCc1ccc(Oc2ccc(C#N)c(Cl)c2)cc1C1=C(O)[C@@H]2CC[C@](C)(C1=O)C2(C)C. The van der Waals surface area contributed by atoms with Crippen molar-refractivity contribution in [3.05, 3.63) is 63.9 Å². The van der Waals surface area contributed by atoms with Gasteiger partial charge in [0.2, 0.25) is 0 Å². The van der Waals surface area contributed by atoms with Crippen LogP contribution < -0.4 is 4.74 Å². The number of hydrogen-bond acceptors (Lipinski definition) is 4. The van der Waals surface area contributed by atoms with Gasteiger partial charge in [0, 0.05) is 17.4 Å². The van der Waals surface area contributed by atoms with Crippen molar-refractivity contribution in [1.29, 1.82) is 5.26 Å². The second-order valence-corrected chi connectivity index (χ2v) is 9.67. The fraction of sp³-hybridized carbons (Fsp3) is 0.385. The van der Waals surface area contributed by atoms with Crippen molar-refractivity contribution in [2.75, 3.05) is 0 Å². The summed E-state index contributed by atoms with van der Waals surface area (Å²) in [5.74, 6) is 1.23. The topological polar surface area (TPSA) is 70.3 Å². The quantitative estimate of drug-likeness (QED) is 0.569. The summed E-state index contributed by atoms with van der Waals surface area (Å²) in [5, 5.41) is 20.6. The van der Waals surface area contributed by atoms with Crippen LogP contribution in [0.2, 0.25) is 5.02 Å². The molecule has 1 saturated carbocycles. The molecule has 160 valence electrons. The molecule has 2 aliphatic carbocycles. The van der Waals surface area contributed by atoms with E-state index in [4.69, 9.17) is 21.6 Å². The molecule has 1 fully saturated rings. The van der Waals surface area contributed by atoms with E-state index in [1.165, 1.54) is 0 Å². The molecular weight excluding hydrogens is 410 g/mol. The fourth-order valence-corrected chi connectivity index (χ4v) is 5.37. The second kappa shape index (κ2) is 7.43. The van der Waals surface area contributed by atoms with Crippen LogP contribution in [0.25, 0.3) is 5.57 Å². The van der Waals surface area contributed by atoms with Crippen LogP contribution in [0.3, 0.4) is 0 Å². The average Bonchev–Trinajstić information content (AvgIpc) is 2.91. The van der Waals surface area contributed by atoms with E-state index in [-0.39, 0.29) is 22.9 Å². The lowest BCUT2D eigenvalue weighted by Gasteiger charge is -2.45. The number of rotatable bonds is 4. The molecule has 1 N–H and O–H groups in total. The van der Waals surface area contributed by atoms with Crippen LogP contribution >= 0.6 is 11.6 Å². The summed E-state index contributed by atoms with van der Waals surface area (Å²) >= 11 is 6.13. The van der Waals surface area contributed by atoms with E-state index in [1.54, 1.807) is 18.2 Å².